The van der Waals surface area contributed by atoms with E-state index in [1.165, 1.54) is 6.92 Å². The Bertz CT molecular complexity index is 961. The lowest BCUT2D eigenvalue weighted by molar-refractivity contribution is -0.688. The van der Waals surface area contributed by atoms with E-state index in [4.69, 9.17) is 9.15 Å². The second kappa shape index (κ2) is 7.19. The summed E-state index contributed by atoms with van der Waals surface area (Å²) < 4.78 is 13.6. The summed E-state index contributed by atoms with van der Waals surface area (Å²) in [5, 5.41) is 0.832. The number of rotatable bonds is 5. The van der Waals surface area contributed by atoms with Gasteiger partial charge in [-0.25, -0.2) is 4.79 Å². The zero-order valence-corrected chi connectivity index (χ0v) is 15.5. The third kappa shape index (κ3) is 3.64. The summed E-state index contributed by atoms with van der Waals surface area (Å²) in [4.78, 5) is 23.9. The Morgan fingerprint density at radius 1 is 1.28 bits per heavy atom. The molecule has 5 nitrogen and oxygen atoms in total. The van der Waals surface area contributed by atoms with Crippen LogP contribution in [0, 0.1) is 0 Å². The van der Waals surface area contributed by atoms with Crippen molar-refractivity contribution in [2.75, 3.05) is 6.61 Å². The van der Waals surface area contributed by atoms with E-state index in [2.05, 4.69) is 15.9 Å². The maximum atomic E-state index is 12.3. The third-order valence-electron chi connectivity index (χ3n) is 3.82. The predicted octanol–water partition coefficient (Wildman–Crippen LogP) is 3.91. The molecule has 0 N–H and O–H groups in total. The number of pyridine rings is 1. The summed E-state index contributed by atoms with van der Waals surface area (Å²) in [6, 6.07) is 9.14. The maximum absolute atomic E-state index is 12.3. The van der Waals surface area contributed by atoms with Gasteiger partial charge in [-0.15, -0.1) is 0 Å². The summed E-state index contributed by atoms with van der Waals surface area (Å²) >= 11 is 3.45. The van der Waals surface area contributed by atoms with Gasteiger partial charge < -0.3 is 9.15 Å². The summed E-state index contributed by atoms with van der Waals surface area (Å²) in [7, 11) is 0. The van der Waals surface area contributed by atoms with Crippen LogP contribution >= 0.6 is 15.9 Å². The number of furan rings is 1. The van der Waals surface area contributed by atoms with Crippen LogP contribution in [0.15, 0.2) is 51.6 Å². The Morgan fingerprint density at radius 2 is 2.08 bits per heavy atom. The Labute approximate surface area is 153 Å². The molecule has 0 unspecified atom stereocenters. The zero-order valence-electron chi connectivity index (χ0n) is 13.9. The van der Waals surface area contributed by atoms with E-state index in [1.54, 1.807) is 25.3 Å². The third-order valence-corrected chi connectivity index (χ3v) is 4.31. The molecule has 3 rings (SSSR count). The van der Waals surface area contributed by atoms with E-state index in [1.807, 2.05) is 29.0 Å². The molecule has 0 aliphatic heterocycles. The summed E-state index contributed by atoms with van der Waals surface area (Å²) in [6.07, 6.45) is 3.60. The highest BCUT2D eigenvalue weighted by Gasteiger charge is 2.25. The van der Waals surface area contributed by atoms with Crippen molar-refractivity contribution in [3.8, 4) is 0 Å². The largest absolute Gasteiger partial charge is 0.460 e. The van der Waals surface area contributed by atoms with Crippen LogP contribution in [0.5, 0.6) is 0 Å². The van der Waals surface area contributed by atoms with E-state index in [0.717, 1.165) is 15.4 Å². The molecule has 6 heteroatoms. The van der Waals surface area contributed by atoms with E-state index < -0.39 is 5.97 Å². The first-order valence-electron chi connectivity index (χ1n) is 7.87. The fourth-order valence-electron chi connectivity index (χ4n) is 2.65. The van der Waals surface area contributed by atoms with Gasteiger partial charge in [0.05, 0.1) is 17.7 Å². The van der Waals surface area contributed by atoms with Gasteiger partial charge in [-0.2, -0.15) is 4.57 Å². The Morgan fingerprint density at radius 3 is 2.80 bits per heavy atom. The van der Waals surface area contributed by atoms with Gasteiger partial charge in [0, 0.05) is 15.9 Å². The Kier molecular flexibility index (Phi) is 4.99. The number of fused-ring (bicyclic) bond motifs is 1. The van der Waals surface area contributed by atoms with Crippen molar-refractivity contribution < 1.29 is 23.3 Å². The van der Waals surface area contributed by atoms with Crippen LogP contribution in [0.4, 0.5) is 0 Å². The standard InChI is InChI=1S/C19H17BrNO4/c1-3-24-19(23)18-16(15-9-14(20)6-7-17(15)25-18)11-21-8-4-5-13(10-21)12(2)22/h4-10H,3,11H2,1-2H3/q+1. The highest BCUT2D eigenvalue weighted by molar-refractivity contribution is 9.10. The molecule has 0 aliphatic rings. The highest BCUT2D eigenvalue weighted by Crippen LogP contribution is 2.29. The topological polar surface area (TPSA) is 60.4 Å². The van der Waals surface area contributed by atoms with Crippen LogP contribution in [-0.4, -0.2) is 18.4 Å². The molecule has 3 aromatic rings. The van der Waals surface area contributed by atoms with Gasteiger partial charge in [0.1, 0.15) is 5.58 Å². The monoisotopic (exact) mass is 402 g/mol. The molecule has 128 valence electrons. The molecular weight excluding hydrogens is 386 g/mol. The van der Waals surface area contributed by atoms with Crippen molar-refractivity contribution in [3.05, 3.63) is 64.1 Å². The summed E-state index contributed by atoms with van der Waals surface area (Å²) in [5.41, 5.74) is 1.94. The van der Waals surface area contributed by atoms with Crippen LogP contribution < -0.4 is 4.57 Å². The highest BCUT2D eigenvalue weighted by atomic mass is 79.9. The first-order chi connectivity index (χ1) is 12.0. The maximum Gasteiger partial charge on any atom is 0.374 e. The lowest BCUT2D eigenvalue weighted by Gasteiger charge is -2.02. The van der Waals surface area contributed by atoms with E-state index in [9.17, 15) is 9.59 Å². The minimum atomic E-state index is -0.492. The van der Waals surface area contributed by atoms with Gasteiger partial charge in [0.15, 0.2) is 24.7 Å². The number of nitrogens with zero attached hydrogens (tertiary/aromatic N) is 1. The van der Waals surface area contributed by atoms with E-state index in [0.29, 0.717) is 17.7 Å². The molecule has 0 fully saturated rings. The lowest BCUT2D eigenvalue weighted by Crippen LogP contribution is -2.34. The number of Topliss-reactive ketones (excluding diaryl/α,β-unsaturated/α-hetero) is 1. The quantitative estimate of drug-likeness (QED) is 0.368. The molecule has 2 aromatic heterocycles. The van der Waals surface area contributed by atoms with Crippen molar-refractivity contribution in [2.45, 2.75) is 20.4 Å². The normalized spacial score (nSPS) is 10.8. The van der Waals surface area contributed by atoms with E-state index in [-0.39, 0.29) is 18.2 Å². The zero-order chi connectivity index (χ0) is 18.0. The molecule has 0 aliphatic carbocycles. The molecule has 0 saturated carbocycles. The molecule has 1 aromatic carbocycles. The van der Waals surface area contributed by atoms with Gasteiger partial charge in [-0.3, -0.25) is 4.79 Å². The molecular formula is C19H17BrNO4+. The number of hydrogen-bond donors (Lipinski definition) is 0. The van der Waals surface area contributed by atoms with Gasteiger partial charge in [-0.05, 0) is 38.1 Å². The molecule has 0 saturated heterocycles. The molecule has 2 heterocycles. The average molecular weight is 403 g/mol. The average Bonchev–Trinajstić information content (AvgIpc) is 2.93. The fourth-order valence-corrected chi connectivity index (χ4v) is 3.01. The number of benzene rings is 1. The van der Waals surface area contributed by atoms with Crippen molar-refractivity contribution in [1.29, 1.82) is 0 Å². The Hall–Kier alpha value is -2.47. The van der Waals surface area contributed by atoms with Gasteiger partial charge >= 0.3 is 5.97 Å². The molecule has 25 heavy (non-hydrogen) atoms. The van der Waals surface area contributed by atoms with Crippen molar-refractivity contribution in [2.24, 2.45) is 0 Å². The van der Waals surface area contributed by atoms with Gasteiger partial charge in [0.25, 0.3) is 0 Å². The van der Waals surface area contributed by atoms with Crippen molar-refractivity contribution in [1.82, 2.24) is 0 Å². The number of ketones is 1. The number of halogens is 1. The number of ether oxygens (including phenoxy) is 1. The van der Waals surface area contributed by atoms with Crippen molar-refractivity contribution >= 4 is 38.7 Å². The van der Waals surface area contributed by atoms with Crippen LogP contribution in [0.2, 0.25) is 0 Å². The first-order valence-corrected chi connectivity index (χ1v) is 8.67. The molecule has 0 bridgehead atoms. The van der Waals surface area contributed by atoms with Crippen molar-refractivity contribution in [3.63, 3.8) is 0 Å². The second-order valence-corrected chi connectivity index (χ2v) is 6.51. The molecule has 0 spiro atoms. The van der Waals surface area contributed by atoms with E-state index >= 15 is 0 Å². The fraction of sp³-hybridized carbons (Fsp3) is 0.211. The Balaban J connectivity index is 2.11. The minimum Gasteiger partial charge on any atom is -0.460 e. The van der Waals surface area contributed by atoms with Crippen LogP contribution in [0.1, 0.15) is 40.3 Å². The van der Waals surface area contributed by atoms with Crippen LogP contribution in [0.3, 0.4) is 0 Å². The number of carbonyl (C=O) groups excluding carboxylic acids is 2. The van der Waals surface area contributed by atoms with Crippen LogP contribution in [-0.2, 0) is 11.3 Å². The number of aromatic nitrogens is 1. The number of esters is 1. The lowest BCUT2D eigenvalue weighted by atomic mass is 10.1. The number of carbonyl (C=O) groups is 2. The summed E-state index contributed by atoms with van der Waals surface area (Å²) in [6.45, 7) is 3.93. The molecule has 0 amide bonds. The molecule has 0 atom stereocenters. The SMILES string of the molecule is CCOC(=O)c1oc2ccc(Br)cc2c1C[n+]1cccc(C(C)=O)c1. The number of hydrogen-bond acceptors (Lipinski definition) is 4. The first kappa shape index (κ1) is 17.4. The van der Waals surface area contributed by atoms with Gasteiger partial charge in [0.2, 0.25) is 5.76 Å². The minimum absolute atomic E-state index is 0.0141. The predicted molar refractivity (Wildman–Crippen MR) is 95.6 cm³/mol. The smallest absolute Gasteiger partial charge is 0.374 e. The van der Waals surface area contributed by atoms with Gasteiger partial charge in [-0.1, -0.05) is 15.9 Å². The second-order valence-electron chi connectivity index (χ2n) is 5.59. The summed E-state index contributed by atoms with van der Waals surface area (Å²) in [5.74, 6) is -0.316. The van der Waals surface area contributed by atoms with Crippen LogP contribution in [0.25, 0.3) is 11.0 Å². The molecule has 0 radical (unpaired) electrons.